The molecule has 2 atom stereocenters. The van der Waals surface area contributed by atoms with E-state index in [1.165, 1.54) is 0 Å². The van der Waals surface area contributed by atoms with E-state index in [0.29, 0.717) is 13.0 Å². The van der Waals surface area contributed by atoms with Crippen molar-refractivity contribution in [2.45, 2.75) is 117 Å². The Balaban J connectivity index is 2.61. The molecule has 1 aromatic heterocycles. The molecule has 0 aliphatic heterocycles. The van der Waals surface area contributed by atoms with E-state index in [0.717, 1.165) is 45.1 Å². The van der Waals surface area contributed by atoms with Crippen LogP contribution in [0.15, 0.2) is 12.4 Å². The third kappa shape index (κ3) is 9.19. The first kappa shape index (κ1) is 27.4. The lowest BCUT2D eigenvalue weighted by Crippen LogP contribution is -2.53. The van der Waals surface area contributed by atoms with Gasteiger partial charge in [0.25, 0.3) is 0 Å². The molecule has 2 N–H and O–H groups in total. The normalized spacial score (nSPS) is 15.8. The standard InChI is InChI=1S/C24H45N5O2/c1-8-9-13-24(7,22(31)19(2)3)25-15-10-12-21(30)23(6,27-20(4)5)14-11-17-29-18-16-26-28-29/h16,18-20,25,27H,8-15,17H2,1-7H3/t23-,24-/m0/s1. The average Bonchev–Trinajstić information content (AvgIpc) is 3.21. The Morgan fingerprint density at radius 1 is 1.03 bits per heavy atom. The quantitative estimate of drug-likeness (QED) is 0.361. The van der Waals surface area contributed by atoms with Crippen LogP contribution in [0.5, 0.6) is 0 Å². The van der Waals surface area contributed by atoms with Crippen LogP contribution in [0.25, 0.3) is 0 Å². The minimum Gasteiger partial charge on any atom is -0.305 e. The van der Waals surface area contributed by atoms with E-state index >= 15 is 0 Å². The van der Waals surface area contributed by atoms with Gasteiger partial charge < -0.3 is 10.6 Å². The van der Waals surface area contributed by atoms with Gasteiger partial charge in [0.15, 0.2) is 11.6 Å². The number of carbonyl (C=O) groups excluding carboxylic acids is 2. The Labute approximate surface area is 189 Å². The number of Topliss-reactive ketones (excluding diaryl/α,β-unsaturated/α-hetero) is 2. The summed E-state index contributed by atoms with van der Waals surface area (Å²) in [7, 11) is 0. The largest absolute Gasteiger partial charge is 0.305 e. The van der Waals surface area contributed by atoms with Crippen LogP contribution in [-0.4, -0.2) is 50.2 Å². The summed E-state index contributed by atoms with van der Waals surface area (Å²) >= 11 is 0. The van der Waals surface area contributed by atoms with Gasteiger partial charge in [-0.15, -0.1) is 5.10 Å². The monoisotopic (exact) mass is 435 g/mol. The maximum Gasteiger partial charge on any atom is 0.155 e. The van der Waals surface area contributed by atoms with Gasteiger partial charge in [0.1, 0.15) is 0 Å². The lowest BCUT2D eigenvalue weighted by Gasteiger charge is -2.33. The fraction of sp³-hybridized carbons (Fsp3) is 0.833. The molecule has 7 nitrogen and oxygen atoms in total. The fourth-order valence-electron chi connectivity index (χ4n) is 4.23. The number of aryl methyl sites for hydroxylation is 1. The second-order valence-electron chi connectivity index (χ2n) is 9.81. The number of unbranched alkanes of at least 4 members (excludes halogenated alkanes) is 1. The van der Waals surface area contributed by atoms with Gasteiger partial charge in [-0.3, -0.25) is 14.3 Å². The van der Waals surface area contributed by atoms with Crippen LogP contribution in [0.2, 0.25) is 0 Å². The van der Waals surface area contributed by atoms with Gasteiger partial charge in [0, 0.05) is 31.1 Å². The van der Waals surface area contributed by atoms with E-state index in [1.807, 2.05) is 33.9 Å². The lowest BCUT2D eigenvalue weighted by molar-refractivity contribution is -0.128. The maximum absolute atomic E-state index is 13.1. The van der Waals surface area contributed by atoms with Crippen LogP contribution in [-0.2, 0) is 16.1 Å². The molecule has 0 radical (unpaired) electrons. The van der Waals surface area contributed by atoms with E-state index in [9.17, 15) is 9.59 Å². The van der Waals surface area contributed by atoms with Crippen molar-refractivity contribution in [2.24, 2.45) is 5.92 Å². The Morgan fingerprint density at radius 3 is 2.26 bits per heavy atom. The van der Waals surface area contributed by atoms with Crippen LogP contribution in [0.1, 0.15) is 93.4 Å². The van der Waals surface area contributed by atoms with Crippen molar-refractivity contribution in [1.82, 2.24) is 25.6 Å². The number of nitrogens with one attached hydrogen (secondary N) is 2. The SMILES string of the molecule is CCCC[C@](C)(NCCCC(=O)[C@](C)(CCCn1ccnn1)NC(C)C)C(=O)C(C)C. The smallest absolute Gasteiger partial charge is 0.155 e. The van der Waals surface area contributed by atoms with Gasteiger partial charge >= 0.3 is 0 Å². The highest BCUT2D eigenvalue weighted by atomic mass is 16.1. The number of rotatable bonds is 17. The average molecular weight is 436 g/mol. The highest BCUT2D eigenvalue weighted by molar-refractivity contribution is 5.89. The van der Waals surface area contributed by atoms with Gasteiger partial charge in [-0.05, 0) is 59.9 Å². The van der Waals surface area contributed by atoms with Crippen molar-refractivity contribution in [3.63, 3.8) is 0 Å². The van der Waals surface area contributed by atoms with Crippen molar-refractivity contribution in [3.05, 3.63) is 12.4 Å². The van der Waals surface area contributed by atoms with Crippen LogP contribution in [0.3, 0.4) is 0 Å². The summed E-state index contributed by atoms with van der Waals surface area (Å²) in [6, 6.07) is 0.222. The molecule has 31 heavy (non-hydrogen) atoms. The van der Waals surface area contributed by atoms with Gasteiger partial charge in [0.05, 0.1) is 17.3 Å². The molecule has 0 bridgehead atoms. The molecule has 7 heteroatoms. The van der Waals surface area contributed by atoms with Gasteiger partial charge in [-0.25, -0.2) is 0 Å². The van der Waals surface area contributed by atoms with Crippen LogP contribution in [0.4, 0.5) is 0 Å². The van der Waals surface area contributed by atoms with Gasteiger partial charge in [-0.2, -0.15) is 0 Å². The third-order valence-corrected chi connectivity index (χ3v) is 5.95. The number of carbonyl (C=O) groups is 2. The van der Waals surface area contributed by atoms with E-state index < -0.39 is 11.1 Å². The van der Waals surface area contributed by atoms with Gasteiger partial charge in [0.2, 0.25) is 0 Å². The minimum absolute atomic E-state index is 0.000455. The predicted molar refractivity (Wildman–Crippen MR) is 126 cm³/mol. The Bertz CT molecular complexity index is 659. The number of hydrogen-bond acceptors (Lipinski definition) is 6. The molecule has 0 amide bonds. The first-order valence-corrected chi connectivity index (χ1v) is 12.0. The summed E-state index contributed by atoms with van der Waals surface area (Å²) in [5.74, 6) is 0.484. The summed E-state index contributed by atoms with van der Waals surface area (Å²) < 4.78 is 1.80. The first-order chi connectivity index (χ1) is 14.5. The number of hydrogen-bond donors (Lipinski definition) is 2. The zero-order valence-corrected chi connectivity index (χ0v) is 20.8. The van der Waals surface area contributed by atoms with Crippen molar-refractivity contribution >= 4 is 11.6 Å². The van der Waals surface area contributed by atoms with Crippen molar-refractivity contribution in [1.29, 1.82) is 0 Å². The zero-order valence-electron chi connectivity index (χ0n) is 20.8. The van der Waals surface area contributed by atoms with E-state index in [4.69, 9.17) is 0 Å². The second kappa shape index (κ2) is 13.1. The third-order valence-electron chi connectivity index (χ3n) is 5.95. The molecule has 1 rings (SSSR count). The summed E-state index contributed by atoms with van der Waals surface area (Å²) in [4.78, 5) is 25.9. The highest BCUT2D eigenvalue weighted by Gasteiger charge is 2.34. The molecule has 1 aromatic rings. The number of nitrogens with zero attached hydrogens (tertiary/aromatic N) is 3. The molecular weight excluding hydrogens is 390 g/mol. The Kier molecular flexibility index (Phi) is 11.6. The molecule has 1 heterocycles. The maximum atomic E-state index is 13.1. The first-order valence-electron chi connectivity index (χ1n) is 12.0. The van der Waals surface area contributed by atoms with Crippen molar-refractivity contribution in [2.75, 3.05) is 6.54 Å². The molecule has 0 saturated heterocycles. The molecule has 0 aliphatic carbocycles. The van der Waals surface area contributed by atoms with E-state index in [1.54, 1.807) is 10.9 Å². The molecule has 0 spiro atoms. The number of aromatic nitrogens is 3. The Hall–Kier alpha value is -1.60. The molecular formula is C24H45N5O2. The Morgan fingerprint density at radius 2 is 1.71 bits per heavy atom. The van der Waals surface area contributed by atoms with Crippen LogP contribution in [0, 0.1) is 5.92 Å². The van der Waals surface area contributed by atoms with Gasteiger partial charge in [-0.1, -0.05) is 38.8 Å². The van der Waals surface area contributed by atoms with Crippen molar-refractivity contribution in [3.8, 4) is 0 Å². The predicted octanol–water partition coefficient (Wildman–Crippen LogP) is 3.93. The van der Waals surface area contributed by atoms with Crippen LogP contribution < -0.4 is 10.6 Å². The van der Waals surface area contributed by atoms with Crippen molar-refractivity contribution < 1.29 is 9.59 Å². The van der Waals surface area contributed by atoms with E-state index in [2.05, 4.69) is 41.7 Å². The topological polar surface area (TPSA) is 88.9 Å². The van der Waals surface area contributed by atoms with E-state index in [-0.39, 0.29) is 23.5 Å². The molecule has 0 fully saturated rings. The molecule has 0 unspecified atom stereocenters. The molecule has 178 valence electrons. The summed E-state index contributed by atoms with van der Waals surface area (Å²) in [6.45, 7) is 15.6. The zero-order chi connectivity index (χ0) is 23.5. The lowest BCUT2D eigenvalue weighted by atomic mass is 9.84. The molecule has 0 aromatic carbocycles. The number of ketones is 2. The van der Waals surface area contributed by atoms with Crippen LogP contribution >= 0.6 is 0 Å². The summed E-state index contributed by atoms with van der Waals surface area (Å²) in [5.41, 5.74) is -1.07. The summed E-state index contributed by atoms with van der Waals surface area (Å²) in [6.07, 6.45) is 9.24. The molecule has 0 aliphatic rings. The molecule has 0 saturated carbocycles. The highest BCUT2D eigenvalue weighted by Crippen LogP contribution is 2.21. The minimum atomic E-state index is -0.561. The fourth-order valence-corrected chi connectivity index (χ4v) is 4.23. The summed E-state index contributed by atoms with van der Waals surface area (Å²) in [5, 5.41) is 14.8. The second-order valence-corrected chi connectivity index (χ2v) is 9.81.